The Balaban J connectivity index is 3.01. The summed E-state index contributed by atoms with van der Waals surface area (Å²) in [6.45, 7) is 6.72. The van der Waals surface area contributed by atoms with Crippen molar-refractivity contribution in [3.05, 3.63) is 34.9 Å². The Morgan fingerprint density at radius 3 is 2.38 bits per heavy atom. The molecule has 0 aliphatic heterocycles. The normalized spacial score (nSPS) is 11.8. The first-order chi connectivity index (χ1) is 7.49. The highest BCUT2D eigenvalue weighted by atomic mass is 35.5. The average Bonchev–Trinajstić information content (AvgIpc) is 2.24. The average molecular weight is 241 g/mol. The van der Waals surface area contributed by atoms with Gasteiger partial charge in [-0.1, -0.05) is 39.0 Å². The molecule has 0 saturated carbocycles. The van der Waals surface area contributed by atoms with E-state index in [0.29, 0.717) is 5.88 Å². The van der Waals surface area contributed by atoms with E-state index in [4.69, 9.17) is 11.6 Å². The Morgan fingerprint density at radius 2 is 1.88 bits per heavy atom. The second-order valence-electron chi connectivity index (χ2n) is 5.18. The molecule has 0 heterocycles. The fourth-order valence-corrected chi connectivity index (χ4v) is 1.87. The molecule has 0 aromatic heterocycles. The van der Waals surface area contributed by atoms with Crippen LogP contribution in [0.1, 0.15) is 43.9 Å². The van der Waals surface area contributed by atoms with Crippen LogP contribution >= 0.6 is 11.6 Å². The Hall–Kier alpha value is -0.530. The van der Waals surface area contributed by atoms with Crippen molar-refractivity contribution in [1.82, 2.24) is 0 Å². The second-order valence-corrected chi connectivity index (χ2v) is 5.56. The van der Waals surface area contributed by atoms with E-state index in [1.807, 2.05) is 6.07 Å². The first-order valence-corrected chi connectivity index (χ1v) is 6.31. The SMILES string of the molecule is CC(C)(C)c1ccc(CO)c(CCCCl)c1. The van der Waals surface area contributed by atoms with Crippen LogP contribution in [0.25, 0.3) is 0 Å². The highest BCUT2D eigenvalue weighted by Gasteiger charge is 2.15. The summed E-state index contributed by atoms with van der Waals surface area (Å²) in [6.07, 6.45) is 1.91. The highest BCUT2D eigenvalue weighted by molar-refractivity contribution is 6.17. The van der Waals surface area contributed by atoms with Crippen molar-refractivity contribution in [3.63, 3.8) is 0 Å². The highest BCUT2D eigenvalue weighted by Crippen LogP contribution is 2.25. The molecular weight excluding hydrogens is 220 g/mol. The minimum absolute atomic E-state index is 0.113. The van der Waals surface area contributed by atoms with Gasteiger partial charge in [0.15, 0.2) is 0 Å². The van der Waals surface area contributed by atoms with E-state index in [0.717, 1.165) is 18.4 Å². The summed E-state index contributed by atoms with van der Waals surface area (Å²) in [6, 6.07) is 6.35. The van der Waals surface area contributed by atoms with Crippen LogP contribution in [0, 0.1) is 0 Å². The molecule has 90 valence electrons. The molecule has 0 radical (unpaired) electrons. The maximum atomic E-state index is 9.28. The number of aliphatic hydroxyl groups is 1. The van der Waals surface area contributed by atoms with Crippen molar-refractivity contribution in [3.8, 4) is 0 Å². The third-order valence-electron chi connectivity index (χ3n) is 2.82. The molecule has 1 N–H and O–H groups in total. The molecule has 1 aromatic carbocycles. The van der Waals surface area contributed by atoms with Gasteiger partial charge in [-0.25, -0.2) is 0 Å². The lowest BCUT2D eigenvalue weighted by atomic mass is 9.84. The number of aliphatic hydroxyl groups excluding tert-OH is 1. The summed E-state index contributed by atoms with van der Waals surface area (Å²) in [5, 5.41) is 9.28. The van der Waals surface area contributed by atoms with Crippen LogP contribution < -0.4 is 0 Å². The van der Waals surface area contributed by atoms with Crippen LogP contribution in [-0.2, 0) is 18.4 Å². The number of hydrogen-bond acceptors (Lipinski definition) is 1. The molecule has 0 saturated heterocycles. The zero-order chi connectivity index (χ0) is 12.2. The zero-order valence-electron chi connectivity index (χ0n) is 10.4. The van der Waals surface area contributed by atoms with Crippen molar-refractivity contribution in [2.75, 3.05) is 5.88 Å². The molecule has 0 aliphatic carbocycles. The van der Waals surface area contributed by atoms with Gasteiger partial charge in [0.1, 0.15) is 0 Å². The summed E-state index contributed by atoms with van der Waals surface area (Å²) in [7, 11) is 0. The fourth-order valence-electron chi connectivity index (χ4n) is 1.74. The second kappa shape index (κ2) is 5.70. The fraction of sp³-hybridized carbons (Fsp3) is 0.571. The van der Waals surface area contributed by atoms with Crippen molar-refractivity contribution in [1.29, 1.82) is 0 Å². The molecule has 16 heavy (non-hydrogen) atoms. The summed E-state index contributed by atoms with van der Waals surface area (Å²) >= 11 is 5.71. The van der Waals surface area contributed by atoms with Gasteiger partial charge < -0.3 is 5.11 Å². The third kappa shape index (κ3) is 3.50. The largest absolute Gasteiger partial charge is 0.392 e. The lowest BCUT2D eigenvalue weighted by Crippen LogP contribution is -2.12. The van der Waals surface area contributed by atoms with Gasteiger partial charge >= 0.3 is 0 Å². The minimum atomic E-state index is 0.113. The number of aryl methyl sites for hydroxylation is 1. The molecule has 0 aliphatic rings. The van der Waals surface area contributed by atoms with Gasteiger partial charge in [0.2, 0.25) is 0 Å². The van der Waals surface area contributed by atoms with E-state index >= 15 is 0 Å². The van der Waals surface area contributed by atoms with Crippen LogP contribution in [0.4, 0.5) is 0 Å². The van der Waals surface area contributed by atoms with Crippen molar-refractivity contribution in [2.45, 2.75) is 45.6 Å². The Bertz CT molecular complexity index is 339. The quantitative estimate of drug-likeness (QED) is 0.797. The molecule has 0 spiro atoms. The lowest BCUT2D eigenvalue weighted by Gasteiger charge is -2.21. The van der Waals surface area contributed by atoms with E-state index in [9.17, 15) is 5.11 Å². The number of rotatable bonds is 4. The number of halogens is 1. The number of benzene rings is 1. The van der Waals surface area contributed by atoms with Crippen molar-refractivity contribution < 1.29 is 5.11 Å². The van der Waals surface area contributed by atoms with E-state index < -0.39 is 0 Å². The maximum absolute atomic E-state index is 9.28. The Morgan fingerprint density at radius 1 is 1.19 bits per heavy atom. The smallest absolute Gasteiger partial charge is 0.0684 e. The molecule has 0 atom stereocenters. The topological polar surface area (TPSA) is 20.2 Å². The van der Waals surface area contributed by atoms with Crippen molar-refractivity contribution >= 4 is 11.6 Å². The Labute approximate surface area is 103 Å². The lowest BCUT2D eigenvalue weighted by molar-refractivity contribution is 0.280. The monoisotopic (exact) mass is 240 g/mol. The van der Waals surface area contributed by atoms with E-state index in [2.05, 4.69) is 32.9 Å². The van der Waals surface area contributed by atoms with E-state index in [1.54, 1.807) is 0 Å². The molecule has 1 aromatic rings. The first kappa shape index (κ1) is 13.5. The van der Waals surface area contributed by atoms with E-state index in [1.165, 1.54) is 11.1 Å². The van der Waals surface area contributed by atoms with Gasteiger partial charge in [-0.2, -0.15) is 0 Å². The van der Waals surface area contributed by atoms with Crippen LogP contribution in [0.15, 0.2) is 18.2 Å². The van der Waals surface area contributed by atoms with Crippen LogP contribution in [0.2, 0.25) is 0 Å². The number of hydrogen-bond donors (Lipinski definition) is 1. The predicted molar refractivity (Wildman–Crippen MR) is 70.1 cm³/mol. The van der Waals surface area contributed by atoms with Gasteiger partial charge in [0.05, 0.1) is 6.61 Å². The molecule has 0 fully saturated rings. The summed E-state index contributed by atoms with van der Waals surface area (Å²) in [5.74, 6) is 0.671. The summed E-state index contributed by atoms with van der Waals surface area (Å²) in [5.41, 5.74) is 3.73. The van der Waals surface area contributed by atoms with Gasteiger partial charge in [0.25, 0.3) is 0 Å². The molecule has 0 amide bonds. The molecule has 0 unspecified atom stereocenters. The zero-order valence-corrected chi connectivity index (χ0v) is 11.1. The molecule has 2 heteroatoms. The maximum Gasteiger partial charge on any atom is 0.0684 e. The van der Waals surface area contributed by atoms with Crippen LogP contribution in [0.3, 0.4) is 0 Å². The van der Waals surface area contributed by atoms with Crippen molar-refractivity contribution in [2.24, 2.45) is 0 Å². The standard InChI is InChI=1S/C14H21ClO/c1-14(2,3)13-7-6-12(10-16)11(9-13)5-4-8-15/h6-7,9,16H,4-5,8,10H2,1-3H3. The molecule has 1 rings (SSSR count). The summed E-state index contributed by atoms with van der Waals surface area (Å²) in [4.78, 5) is 0. The third-order valence-corrected chi connectivity index (χ3v) is 3.09. The molecule has 1 nitrogen and oxygen atoms in total. The van der Waals surface area contributed by atoms with Gasteiger partial charge in [0, 0.05) is 5.88 Å². The molecule has 0 bridgehead atoms. The van der Waals surface area contributed by atoms with Gasteiger partial charge in [-0.15, -0.1) is 11.6 Å². The van der Waals surface area contributed by atoms with Crippen LogP contribution in [-0.4, -0.2) is 11.0 Å². The first-order valence-electron chi connectivity index (χ1n) is 5.78. The molecular formula is C14H21ClO. The number of alkyl halides is 1. The summed E-state index contributed by atoms with van der Waals surface area (Å²) < 4.78 is 0. The van der Waals surface area contributed by atoms with E-state index in [-0.39, 0.29) is 12.0 Å². The van der Waals surface area contributed by atoms with Gasteiger partial charge in [-0.3, -0.25) is 0 Å². The van der Waals surface area contributed by atoms with Crippen LogP contribution in [0.5, 0.6) is 0 Å². The van der Waals surface area contributed by atoms with Gasteiger partial charge in [-0.05, 0) is 34.9 Å². The predicted octanol–water partition coefficient (Wildman–Crippen LogP) is 3.65. The minimum Gasteiger partial charge on any atom is -0.392 e. The Kier molecular flexibility index (Phi) is 4.82.